The van der Waals surface area contributed by atoms with E-state index >= 15 is 0 Å². The van der Waals surface area contributed by atoms with E-state index in [4.69, 9.17) is 10.8 Å². The summed E-state index contributed by atoms with van der Waals surface area (Å²) in [5.74, 6) is 0.466. The number of aryl methyl sites for hydroxylation is 1. The normalized spacial score (nSPS) is 11.0. The van der Waals surface area contributed by atoms with Gasteiger partial charge < -0.3 is 15.4 Å². The number of imidazole rings is 1. The molecule has 0 aromatic carbocycles. The number of fused-ring (bicyclic) bond motifs is 1. The second-order valence-electron chi connectivity index (χ2n) is 3.43. The number of anilines is 1. The van der Waals surface area contributed by atoms with Crippen LogP contribution >= 0.6 is 0 Å². The van der Waals surface area contributed by atoms with Crippen molar-refractivity contribution in [3.05, 3.63) is 18.6 Å². The minimum atomic E-state index is 0.232. The van der Waals surface area contributed by atoms with Gasteiger partial charge in [-0.15, -0.1) is 0 Å². The standard InChI is InChI=1S/C10H14N4O/c11-10-9-8(3-4-12-10)14(7-13-9)5-1-2-6-15/h3-4,7,15H,1-2,5-6H2,(H2,11,12). The summed E-state index contributed by atoms with van der Waals surface area (Å²) in [7, 11) is 0. The van der Waals surface area contributed by atoms with E-state index in [0.717, 1.165) is 30.4 Å². The van der Waals surface area contributed by atoms with E-state index in [1.807, 2.05) is 10.6 Å². The SMILES string of the molecule is Nc1nccc2c1ncn2CCCCO. The van der Waals surface area contributed by atoms with Gasteiger partial charge in [-0.1, -0.05) is 0 Å². The summed E-state index contributed by atoms with van der Waals surface area (Å²) in [6.07, 6.45) is 5.19. The second kappa shape index (κ2) is 4.27. The molecule has 2 rings (SSSR count). The summed E-state index contributed by atoms with van der Waals surface area (Å²) in [5, 5.41) is 8.70. The van der Waals surface area contributed by atoms with Gasteiger partial charge in [0, 0.05) is 19.3 Å². The average Bonchev–Trinajstić information content (AvgIpc) is 2.64. The van der Waals surface area contributed by atoms with Gasteiger partial charge in [-0.2, -0.15) is 0 Å². The number of aromatic nitrogens is 3. The maximum Gasteiger partial charge on any atom is 0.151 e. The predicted octanol–water partition coefficient (Wildman–Crippen LogP) is 0.786. The van der Waals surface area contributed by atoms with Gasteiger partial charge in [0.1, 0.15) is 5.52 Å². The van der Waals surface area contributed by atoms with E-state index < -0.39 is 0 Å². The van der Waals surface area contributed by atoms with Gasteiger partial charge in [0.25, 0.3) is 0 Å². The number of nitrogen functional groups attached to an aromatic ring is 1. The summed E-state index contributed by atoms with van der Waals surface area (Å²) in [6.45, 7) is 1.08. The highest BCUT2D eigenvalue weighted by Gasteiger charge is 2.04. The number of rotatable bonds is 4. The first kappa shape index (κ1) is 9.92. The minimum Gasteiger partial charge on any atom is -0.396 e. The Morgan fingerprint density at radius 2 is 2.20 bits per heavy atom. The molecule has 0 aliphatic heterocycles. The lowest BCUT2D eigenvalue weighted by atomic mass is 10.3. The van der Waals surface area contributed by atoms with Crippen molar-refractivity contribution in [3.63, 3.8) is 0 Å². The van der Waals surface area contributed by atoms with Crippen LogP contribution in [0, 0.1) is 0 Å². The summed E-state index contributed by atoms with van der Waals surface area (Å²) >= 11 is 0. The van der Waals surface area contributed by atoms with Crippen LogP contribution in [-0.4, -0.2) is 26.2 Å². The lowest BCUT2D eigenvalue weighted by molar-refractivity contribution is 0.281. The highest BCUT2D eigenvalue weighted by Crippen LogP contribution is 2.16. The van der Waals surface area contributed by atoms with Crippen LogP contribution in [0.5, 0.6) is 0 Å². The Bertz CT molecular complexity index is 452. The molecule has 0 bridgehead atoms. The van der Waals surface area contributed by atoms with E-state index in [0.29, 0.717) is 5.82 Å². The van der Waals surface area contributed by atoms with Crippen molar-refractivity contribution in [1.82, 2.24) is 14.5 Å². The molecule has 0 amide bonds. The molecule has 0 saturated carbocycles. The molecule has 80 valence electrons. The molecule has 2 aromatic heterocycles. The van der Waals surface area contributed by atoms with Crippen molar-refractivity contribution >= 4 is 16.9 Å². The van der Waals surface area contributed by atoms with Crippen LogP contribution < -0.4 is 5.73 Å². The number of aliphatic hydroxyl groups is 1. The Hall–Kier alpha value is -1.62. The molecular formula is C10H14N4O. The molecule has 15 heavy (non-hydrogen) atoms. The molecule has 2 heterocycles. The summed E-state index contributed by atoms with van der Waals surface area (Å²) in [6, 6.07) is 1.90. The van der Waals surface area contributed by atoms with Crippen molar-refractivity contribution < 1.29 is 5.11 Å². The first-order valence-corrected chi connectivity index (χ1v) is 4.99. The summed E-state index contributed by atoms with van der Waals surface area (Å²) < 4.78 is 2.03. The van der Waals surface area contributed by atoms with E-state index in [1.165, 1.54) is 0 Å². The van der Waals surface area contributed by atoms with Crippen LogP contribution in [0.1, 0.15) is 12.8 Å². The molecule has 0 fully saturated rings. The molecule has 0 aliphatic carbocycles. The third-order valence-corrected chi connectivity index (χ3v) is 2.37. The second-order valence-corrected chi connectivity index (χ2v) is 3.43. The molecule has 0 saturated heterocycles. The average molecular weight is 206 g/mol. The quantitative estimate of drug-likeness (QED) is 0.725. The van der Waals surface area contributed by atoms with Gasteiger partial charge in [0.15, 0.2) is 5.82 Å². The molecule has 0 radical (unpaired) electrons. The van der Waals surface area contributed by atoms with Crippen molar-refractivity contribution in [1.29, 1.82) is 0 Å². The van der Waals surface area contributed by atoms with Crippen LogP contribution in [0.2, 0.25) is 0 Å². The Morgan fingerprint density at radius 3 is 3.00 bits per heavy atom. The number of unbranched alkanes of at least 4 members (excludes halogenated alkanes) is 1. The van der Waals surface area contributed by atoms with E-state index in [9.17, 15) is 0 Å². The molecule has 5 heteroatoms. The zero-order chi connectivity index (χ0) is 10.7. The van der Waals surface area contributed by atoms with Crippen molar-refractivity contribution in [2.24, 2.45) is 0 Å². The van der Waals surface area contributed by atoms with Crippen molar-refractivity contribution in [2.75, 3.05) is 12.3 Å². The Kier molecular flexibility index (Phi) is 2.82. The number of hydrogen-bond donors (Lipinski definition) is 2. The third-order valence-electron chi connectivity index (χ3n) is 2.37. The fraction of sp³-hybridized carbons (Fsp3) is 0.400. The maximum absolute atomic E-state index is 8.70. The number of nitrogens with two attached hydrogens (primary N) is 1. The van der Waals surface area contributed by atoms with Gasteiger partial charge >= 0.3 is 0 Å². The van der Waals surface area contributed by atoms with E-state index in [2.05, 4.69) is 9.97 Å². The summed E-state index contributed by atoms with van der Waals surface area (Å²) in [5.41, 5.74) is 7.45. The Balaban J connectivity index is 2.25. The largest absolute Gasteiger partial charge is 0.396 e. The fourth-order valence-corrected chi connectivity index (χ4v) is 1.59. The van der Waals surface area contributed by atoms with Crippen LogP contribution in [0.15, 0.2) is 18.6 Å². The Morgan fingerprint density at radius 1 is 1.33 bits per heavy atom. The number of pyridine rings is 1. The maximum atomic E-state index is 8.70. The molecular weight excluding hydrogens is 192 g/mol. The monoisotopic (exact) mass is 206 g/mol. The molecule has 0 aliphatic rings. The van der Waals surface area contributed by atoms with Gasteiger partial charge in [-0.05, 0) is 18.9 Å². The lowest BCUT2D eigenvalue weighted by Gasteiger charge is -2.02. The number of aliphatic hydroxyl groups excluding tert-OH is 1. The topological polar surface area (TPSA) is 77.0 Å². The van der Waals surface area contributed by atoms with Crippen molar-refractivity contribution in [3.8, 4) is 0 Å². The molecule has 2 aromatic rings. The van der Waals surface area contributed by atoms with Crippen LogP contribution in [0.4, 0.5) is 5.82 Å². The third kappa shape index (κ3) is 1.92. The van der Waals surface area contributed by atoms with Gasteiger partial charge in [0.2, 0.25) is 0 Å². The van der Waals surface area contributed by atoms with Gasteiger partial charge in [-0.25, -0.2) is 9.97 Å². The molecule has 3 N–H and O–H groups in total. The van der Waals surface area contributed by atoms with Crippen LogP contribution in [-0.2, 0) is 6.54 Å². The van der Waals surface area contributed by atoms with Gasteiger partial charge in [-0.3, -0.25) is 0 Å². The van der Waals surface area contributed by atoms with Crippen LogP contribution in [0.3, 0.4) is 0 Å². The van der Waals surface area contributed by atoms with E-state index in [-0.39, 0.29) is 6.61 Å². The molecule has 0 unspecified atom stereocenters. The molecule has 5 nitrogen and oxygen atoms in total. The van der Waals surface area contributed by atoms with Gasteiger partial charge in [0.05, 0.1) is 11.8 Å². The zero-order valence-corrected chi connectivity index (χ0v) is 8.43. The smallest absolute Gasteiger partial charge is 0.151 e. The van der Waals surface area contributed by atoms with Crippen LogP contribution in [0.25, 0.3) is 11.0 Å². The lowest BCUT2D eigenvalue weighted by Crippen LogP contribution is -1.98. The number of nitrogens with zero attached hydrogens (tertiary/aromatic N) is 3. The minimum absolute atomic E-state index is 0.232. The van der Waals surface area contributed by atoms with E-state index in [1.54, 1.807) is 12.5 Å². The Labute approximate surface area is 87.6 Å². The molecule has 0 spiro atoms. The first-order chi connectivity index (χ1) is 7.33. The fourth-order valence-electron chi connectivity index (χ4n) is 1.59. The number of hydrogen-bond acceptors (Lipinski definition) is 4. The predicted molar refractivity (Wildman–Crippen MR) is 58.3 cm³/mol. The van der Waals surface area contributed by atoms with Crippen molar-refractivity contribution in [2.45, 2.75) is 19.4 Å². The first-order valence-electron chi connectivity index (χ1n) is 4.99. The summed E-state index contributed by atoms with van der Waals surface area (Å²) in [4.78, 5) is 8.19. The molecule has 0 atom stereocenters. The highest BCUT2D eigenvalue weighted by molar-refractivity contribution is 5.84. The highest BCUT2D eigenvalue weighted by atomic mass is 16.2. The zero-order valence-electron chi connectivity index (χ0n) is 8.43.